The Bertz CT molecular complexity index is 490. The molecule has 2 rings (SSSR count). The lowest BCUT2D eigenvalue weighted by Gasteiger charge is -2.27. The molecule has 0 atom stereocenters. The van der Waals surface area contributed by atoms with E-state index >= 15 is 0 Å². The van der Waals surface area contributed by atoms with E-state index in [-0.39, 0.29) is 12.3 Å². The van der Waals surface area contributed by atoms with Crippen LogP contribution >= 0.6 is 0 Å². The Hall–Kier alpha value is -1.89. The lowest BCUT2D eigenvalue weighted by molar-refractivity contribution is -0.402. The third kappa shape index (κ3) is 2.93. The number of amides is 1. The molecule has 1 saturated carbocycles. The number of rotatable bonds is 4. The van der Waals surface area contributed by atoms with Gasteiger partial charge in [-0.3, -0.25) is 14.9 Å². The largest absolute Gasteiger partial charge is 0.433 e. The second-order valence-corrected chi connectivity index (χ2v) is 4.99. The molecule has 7 heteroatoms. The number of aliphatic hydroxyl groups is 1. The van der Waals surface area contributed by atoms with E-state index in [1.807, 2.05) is 0 Å². The number of likely N-dealkylation sites (N-methyl/N-ethyl adjacent to an activating group) is 1. The quantitative estimate of drug-likeness (QED) is 0.660. The minimum atomic E-state index is -0.844. The van der Waals surface area contributed by atoms with Crippen molar-refractivity contribution in [2.75, 3.05) is 13.6 Å². The molecule has 0 radical (unpaired) electrons. The number of hydrogen-bond acceptors (Lipinski definition) is 5. The van der Waals surface area contributed by atoms with E-state index in [1.165, 1.54) is 11.0 Å². The van der Waals surface area contributed by atoms with Gasteiger partial charge in [-0.2, -0.15) is 0 Å². The van der Waals surface area contributed by atoms with Gasteiger partial charge in [0, 0.05) is 13.6 Å². The predicted molar refractivity (Wildman–Crippen MR) is 65.7 cm³/mol. The lowest BCUT2D eigenvalue weighted by Crippen LogP contribution is -2.41. The number of carbonyl (C=O) groups excluding carboxylic acids is 1. The van der Waals surface area contributed by atoms with E-state index in [4.69, 9.17) is 4.42 Å². The molecule has 1 aromatic rings. The highest BCUT2D eigenvalue weighted by Crippen LogP contribution is 2.30. The van der Waals surface area contributed by atoms with Crippen LogP contribution in [0.2, 0.25) is 0 Å². The average Bonchev–Trinajstić information content (AvgIpc) is 2.97. The highest BCUT2D eigenvalue weighted by molar-refractivity contribution is 5.91. The van der Waals surface area contributed by atoms with Gasteiger partial charge in [-0.05, 0) is 18.9 Å². The molecule has 0 aromatic carbocycles. The lowest BCUT2D eigenvalue weighted by atomic mass is 10.0. The van der Waals surface area contributed by atoms with Crippen molar-refractivity contribution < 1.29 is 19.2 Å². The molecule has 1 aromatic heterocycles. The first-order valence-electron chi connectivity index (χ1n) is 6.13. The summed E-state index contributed by atoms with van der Waals surface area (Å²) in [5.74, 6) is -1.01. The van der Waals surface area contributed by atoms with Crippen LogP contribution in [0.1, 0.15) is 36.2 Å². The average molecular weight is 268 g/mol. The zero-order valence-corrected chi connectivity index (χ0v) is 10.7. The van der Waals surface area contributed by atoms with Crippen LogP contribution in [-0.2, 0) is 0 Å². The number of nitro groups is 1. The van der Waals surface area contributed by atoms with Crippen LogP contribution in [0.3, 0.4) is 0 Å². The second-order valence-electron chi connectivity index (χ2n) is 4.99. The Morgan fingerprint density at radius 1 is 1.53 bits per heavy atom. The van der Waals surface area contributed by atoms with E-state index in [0.717, 1.165) is 18.9 Å². The minimum Gasteiger partial charge on any atom is -0.395 e. The molecular weight excluding hydrogens is 252 g/mol. The second kappa shape index (κ2) is 5.00. The van der Waals surface area contributed by atoms with E-state index in [2.05, 4.69) is 0 Å². The fourth-order valence-corrected chi connectivity index (χ4v) is 2.43. The molecule has 0 aliphatic heterocycles. The third-order valence-electron chi connectivity index (χ3n) is 3.39. The molecule has 7 nitrogen and oxygen atoms in total. The van der Waals surface area contributed by atoms with Crippen molar-refractivity contribution in [1.29, 1.82) is 0 Å². The highest BCUT2D eigenvalue weighted by atomic mass is 16.6. The number of nitrogens with zero attached hydrogens (tertiary/aromatic N) is 2. The Balaban J connectivity index is 2.03. The summed E-state index contributed by atoms with van der Waals surface area (Å²) in [6.07, 6.45) is 3.24. The van der Waals surface area contributed by atoms with Crippen LogP contribution in [0.25, 0.3) is 0 Å². The molecule has 1 fully saturated rings. The summed E-state index contributed by atoms with van der Waals surface area (Å²) in [7, 11) is 1.55. The Kier molecular flexibility index (Phi) is 3.57. The van der Waals surface area contributed by atoms with Crippen molar-refractivity contribution in [3.8, 4) is 0 Å². The van der Waals surface area contributed by atoms with E-state index in [1.54, 1.807) is 7.05 Å². The van der Waals surface area contributed by atoms with Crippen molar-refractivity contribution >= 4 is 11.8 Å². The Labute approximate surface area is 110 Å². The fraction of sp³-hybridized carbons (Fsp3) is 0.583. The van der Waals surface area contributed by atoms with Crippen molar-refractivity contribution in [3.05, 3.63) is 28.0 Å². The van der Waals surface area contributed by atoms with Crippen molar-refractivity contribution in [2.24, 2.45) is 0 Å². The molecule has 0 bridgehead atoms. The summed E-state index contributed by atoms with van der Waals surface area (Å²) in [6, 6.07) is 2.42. The molecule has 0 saturated heterocycles. The van der Waals surface area contributed by atoms with Crippen LogP contribution in [-0.4, -0.2) is 40.0 Å². The van der Waals surface area contributed by atoms with Gasteiger partial charge in [-0.25, -0.2) is 0 Å². The van der Waals surface area contributed by atoms with Crippen LogP contribution in [0, 0.1) is 10.1 Å². The maximum atomic E-state index is 12.0. The summed E-state index contributed by atoms with van der Waals surface area (Å²) >= 11 is 0. The Morgan fingerprint density at radius 3 is 2.68 bits per heavy atom. The first kappa shape index (κ1) is 13.5. The summed E-state index contributed by atoms with van der Waals surface area (Å²) in [5, 5.41) is 20.7. The SMILES string of the molecule is CN(CC1(O)CCCC1)C(=O)c1ccc([N+](=O)[O-])o1. The van der Waals surface area contributed by atoms with Crippen LogP contribution in [0.4, 0.5) is 5.88 Å². The van der Waals surface area contributed by atoms with Gasteiger partial charge in [0.15, 0.2) is 5.76 Å². The minimum absolute atomic E-state index is 0.0872. The van der Waals surface area contributed by atoms with E-state index in [9.17, 15) is 20.0 Å². The number of furan rings is 1. The zero-order valence-electron chi connectivity index (χ0n) is 10.7. The third-order valence-corrected chi connectivity index (χ3v) is 3.39. The monoisotopic (exact) mass is 268 g/mol. The van der Waals surface area contributed by atoms with E-state index in [0.29, 0.717) is 12.8 Å². The summed E-state index contributed by atoms with van der Waals surface area (Å²) in [6.45, 7) is 0.209. The van der Waals surface area contributed by atoms with Gasteiger partial charge >= 0.3 is 5.88 Å². The molecule has 1 N–H and O–H groups in total. The molecule has 0 spiro atoms. The van der Waals surface area contributed by atoms with Gasteiger partial charge < -0.3 is 14.4 Å². The number of hydrogen-bond donors (Lipinski definition) is 1. The fourth-order valence-electron chi connectivity index (χ4n) is 2.43. The molecular formula is C12H16N2O5. The number of carbonyl (C=O) groups is 1. The van der Waals surface area contributed by atoms with Crippen LogP contribution in [0.15, 0.2) is 16.5 Å². The molecule has 0 unspecified atom stereocenters. The first-order valence-corrected chi connectivity index (χ1v) is 6.13. The van der Waals surface area contributed by atoms with Gasteiger partial charge in [0.05, 0.1) is 11.7 Å². The van der Waals surface area contributed by atoms with Gasteiger partial charge in [0.25, 0.3) is 5.91 Å². The van der Waals surface area contributed by atoms with Crippen molar-refractivity contribution in [3.63, 3.8) is 0 Å². The topological polar surface area (TPSA) is 96.8 Å². The van der Waals surface area contributed by atoms with Gasteiger partial charge in [-0.1, -0.05) is 12.8 Å². The van der Waals surface area contributed by atoms with Gasteiger partial charge in [-0.15, -0.1) is 0 Å². The Morgan fingerprint density at radius 2 is 2.16 bits per heavy atom. The normalized spacial score (nSPS) is 17.4. The molecule has 1 aliphatic rings. The first-order chi connectivity index (χ1) is 8.91. The molecule has 1 heterocycles. The van der Waals surface area contributed by atoms with Gasteiger partial charge in [0.1, 0.15) is 4.92 Å². The zero-order chi connectivity index (χ0) is 14.0. The molecule has 104 valence electrons. The summed E-state index contributed by atoms with van der Waals surface area (Å²) in [4.78, 5) is 23.1. The molecule has 19 heavy (non-hydrogen) atoms. The molecule has 1 amide bonds. The summed E-state index contributed by atoms with van der Waals surface area (Å²) < 4.78 is 4.85. The maximum Gasteiger partial charge on any atom is 0.433 e. The van der Waals surface area contributed by atoms with E-state index < -0.39 is 22.3 Å². The standard InChI is InChI=1S/C12H16N2O5/c1-13(8-12(16)6-2-3-7-12)11(15)9-4-5-10(19-9)14(17)18/h4-5,16H,2-3,6-8H2,1H3. The maximum absolute atomic E-state index is 12.0. The smallest absolute Gasteiger partial charge is 0.395 e. The van der Waals surface area contributed by atoms with Gasteiger partial charge in [0.2, 0.25) is 0 Å². The summed E-state index contributed by atoms with van der Waals surface area (Å²) in [5.41, 5.74) is -0.844. The highest BCUT2D eigenvalue weighted by Gasteiger charge is 2.34. The van der Waals surface area contributed by atoms with Crippen LogP contribution < -0.4 is 0 Å². The van der Waals surface area contributed by atoms with Crippen molar-refractivity contribution in [1.82, 2.24) is 4.90 Å². The molecule has 1 aliphatic carbocycles. The van der Waals surface area contributed by atoms with Crippen LogP contribution in [0.5, 0.6) is 0 Å². The predicted octanol–water partition coefficient (Wildman–Crippen LogP) is 1.56. The van der Waals surface area contributed by atoms with Crippen molar-refractivity contribution in [2.45, 2.75) is 31.3 Å².